The SMILES string of the molecule is CCOC(=O)N1CCN(C(=O)c2ccc(Nc3cc(C)ccc3C)cn2)CC1. The lowest BCUT2D eigenvalue weighted by atomic mass is 10.1. The monoisotopic (exact) mass is 382 g/mol. The number of amides is 2. The minimum atomic E-state index is -0.324. The van der Waals surface area contributed by atoms with Crippen molar-refractivity contribution in [3.05, 3.63) is 53.3 Å². The summed E-state index contributed by atoms with van der Waals surface area (Å²) in [5.74, 6) is -0.123. The molecule has 0 bridgehead atoms. The summed E-state index contributed by atoms with van der Waals surface area (Å²) in [5, 5.41) is 3.34. The standard InChI is InChI=1S/C21H26N4O3/c1-4-28-21(27)25-11-9-24(10-12-25)20(26)18-8-7-17(14-22-18)23-19-13-15(2)5-6-16(19)3/h5-8,13-14,23H,4,9-12H2,1-3H3. The summed E-state index contributed by atoms with van der Waals surface area (Å²) in [6.07, 6.45) is 1.35. The van der Waals surface area contributed by atoms with Gasteiger partial charge in [0.05, 0.1) is 18.5 Å². The van der Waals surface area contributed by atoms with E-state index in [2.05, 4.69) is 28.5 Å². The Kier molecular flexibility index (Phi) is 6.13. The van der Waals surface area contributed by atoms with Crippen LogP contribution in [-0.2, 0) is 4.74 Å². The summed E-state index contributed by atoms with van der Waals surface area (Å²) >= 11 is 0. The number of hydrogen-bond donors (Lipinski definition) is 1. The van der Waals surface area contributed by atoms with E-state index in [0.29, 0.717) is 38.5 Å². The molecule has 2 amide bonds. The number of pyridine rings is 1. The van der Waals surface area contributed by atoms with Crippen LogP contribution in [0, 0.1) is 13.8 Å². The van der Waals surface area contributed by atoms with Crippen LogP contribution in [0.1, 0.15) is 28.5 Å². The molecule has 0 atom stereocenters. The highest BCUT2D eigenvalue weighted by Crippen LogP contribution is 2.21. The number of nitrogens with one attached hydrogen (secondary N) is 1. The first kappa shape index (κ1) is 19.7. The molecule has 2 heterocycles. The number of ether oxygens (including phenoxy) is 1. The molecule has 148 valence electrons. The van der Waals surface area contributed by atoms with Gasteiger partial charge in [-0.1, -0.05) is 12.1 Å². The molecule has 28 heavy (non-hydrogen) atoms. The lowest BCUT2D eigenvalue weighted by Crippen LogP contribution is -2.50. The van der Waals surface area contributed by atoms with Gasteiger partial charge in [0.2, 0.25) is 0 Å². The largest absolute Gasteiger partial charge is 0.450 e. The van der Waals surface area contributed by atoms with Crippen LogP contribution < -0.4 is 5.32 Å². The first-order valence-electron chi connectivity index (χ1n) is 9.49. The Morgan fingerprint density at radius 2 is 1.79 bits per heavy atom. The van der Waals surface area contributed by atoms with E-state index in [-0.39, 0.29) is 12.0 Å². The maximum atomic E-state index is 12.7. The molecule has 7 nitrogen and oxygen atoms in total. The van der Waals surface area contributed by atoms with Gasteiger partial charge < -0.3 is 19.9 Å². The molecule has 0 unspecified atom stereocenters. The number of aromatic nitrogens is 1. The maximum absolute atomic E-state index is 12.7. The zero-order valence-corrected chi connectivity index (χ0v) is 16.6. The zero-order valence-electron chi connectivity index (χ0n) is 16.6. The Balaban J connectivity index is 1.60. The van der Waals surface area contributed by atoms with Crippen molar-refractivity contribution >= 4 is 23.4 Å². The minimum absolute atomic E-state index is 0.123. The van der Waals surface area contributed by atoms with Crippen LogP contribution in [0.3, 0.4) is 0 Å². The van der Waals surface area contributed by atoms with E-state index in [1.54, 1.807) is 29.0 Å². The van der Waals surface area contributed by atoms with Gasteiger partial charge in [-0.25, -0.2) is 9.78 Å². The van der Waals surface area contributed by atoms with E-state index in [1.807, 2.05) is 19.9 Å². The van der Waals surface area contributed by atoms with Crippen molar-refractivity contribution in [3.8, 4) is 0 Å². The van der Waals surface area contributed by atoms with Gasteiger partial charge in [0.25, 0.3) is 5.91 Å². The molecule has 1 saturated heterocycles. The average molecular weight is 382 g/mol. The van der Waals surface area contributed by atoms with Gasteiger partial charge >= 0.3 is 6.09 Å². The van der Waals surface area contributed by atoms with Crippen LogP contribution in [-0.4, -0.2) is 59.6 Å². The third kappa shape index (κ3) is 4.60. The van der Waals surface area contributed by atoms with Crippen LogP contribution in [0.25, 0.3) is 0 Å². The van der Waals surface area contributed by atoms with Gasteiger partial charge in [-0.15, -0.1) is 0 Å². The second-order valence-electron chi connectivity index (χ2n) is 6.85. The van der Waals surface area contributed by atoms with E-state index >= 15 is 0 Å². The summed E-state index contributed by atoms with van der Waals surface area (Å²) in [6, 6.07) is 9.81. The Morgan fingerprint density at radius 3 is 2.43 bits per heavy atom. The highest BCUT2D eigenvalue weighted by atomic mass is 16.6. The van der Waals surface area contributed by atoms with Crippen LogP contribution in [0.15, 0.2) is 36.5 Å². The lowest BCUT2D eigenvalue weighted by molar-refractivity contribution is 0.0566. The van der Waals surface area contributed by atoms with Crippen LogP contribution in [0.2, 0.25) is 0 Å². The number of nitrogens with zero attached hydrogens (tertiary/aromatic N) is 3. The van der Waals surface area contributed by atoms with Gasteiger partial charge in [-0.2, -0.15) is 0 Å². The molecule has 1 aromatic heterocycles. The second kappa shape index (κ2) is 8.73. The summed E-state index contributed by atoms with van der Waals surface area (Å²) in [5.41, 5.74) is 4.57. The summed E-state index contributed by atoms with van der Waals surface area (Å²) in [4.78, 5) is 32.1. The molecular formula is C21H26N4O3. The molecule has 1 fully saturated rings. The van der Waals surface area contributed by atoms with Crippen molar-refractivity contribution in [2.24, 2.45) is 0 Å². The van der Waals surface area contributed by atoms with Gasteiger partial charge in [0, 0.05) is 31.9 Å². The summed E-state index contributed by atoms with van der Waals surface area (Å²) in [7, 11) is 0. The Labute approximate surface area is 165 Å². The average Bonchev–Trinajstić information content (AvgIpc) is 2.71. The smallest absolute Gasteiger partial charge is 0.409 e. The third-order valence-electron chi connectivity index (χ3n) is 4.75. The molecule has 0 aliphatic carbocycles. The van der Waals surface area contributed by atoms with Crippen molar-refractivity contribution in [1.82, 2.24) is 14.8 Å². The van der Waals surface area contributed by atoms with Crippen LogP contribution >= 0.6 is 0 Å². The van der Waals surface area contributed by atoms with Crippen molar-refractivity contribution in [1.29, 1.82) is 0 Å². The second-order valence-corrected chi connectivity index (χ2v) is 6.85. The van der Waals surface area contributed by atoms with Gasteiger partial charge in [-0.05, 0) is 50.1 Å². The van der Waals surface area contributed by atoms with Crippen molar-refractivity contribution in [2.75, 3.05) is 38.1 Å². The molecule has 0 spiro atoms. The molecule has 3 rings (SSSR count). The van der Waals surface area contributed by atoms with Gasteiger partial charge in [0.15, 0.2) is 0 Å². The first-order valence-corrected chi connectivity index (χ1v) is 9.49. The first-order chi connectivity index (χ1) is 13.5. The van der Waals surface area contributed by atoms with Gasteiger partial charge in [0.1, 0.15) is 5.69 Å². The summed E-state index contributed by atoms with van der Waals surface area (Å²) < 4.78 is 5.00. The molecular weight excluding hydrogens is 356 g/mol. The van der Waals surface area contributed by atoms with E-state index in [4.69, 9.17) is 4.74 Å². The number of rotatable bonds is 4. The highest BCUT2D eigenvalue weighted by molar-refractivity contribution is 5.92. The number of aryl methyl sites for hydroxylation is 2. The van der Waals surface area contributed by atoms with Crippen molar-refractivity contribution < 1.29 is 14.3 Å². The Bertz CT molecular complexity index is 843. The predicted octanol–water partition coefficient (Wildman–Crippen LogP) is 3.36. The van der Waals surface area contributed by atoms with Gasteiger partial charge in [-0.3, -0.25) is 4.79 Å². The minimum Gasteiger partial charge on any atom is -0.450 e. The number of benzene rings is 1. The Hall–Kier alpha value is -3.09. The fourth-order valence-electron chi connectivity index (χ4n) is 3.09. The normalized spacial score (nSPS) is 14.0. The number of carbonyl (C=O) groups excluding carboxylic acids is 2. The van der Waals surface area contributed by atoms with Crippen LogP contribution in [0.5, 0.6) is 0 Å². The summed E-state index contributed by atoms with van der Waals surface area (Å²) in [6.45, 7) is 8.11. The molecule has 1 aromatic carbocycles. The Morgan fingerprint density at radius 1 is 1.07 bits per heavy atom. The van der Waals surface area contributed by atoms with Crippen molar-refractivity contribution in [3.63, 3.8) is 0 Å². The lowest BCUT2D eigenvalue weighted by Gasteiger charge is -2.33. The highest BCUT2D eigenvalue weighted by Gasteiger charge is 2.26. The number of hydrogen-bond acceptors (Lipinski definition) is 5. The topological polar surface area (TPSA) is 74.8 Å². The molecule has 1 N–H and O–H groups in total. The van der Waals surface area contributed by atoms with Crippen molar-refractivity contribution in [2.45, 2.75) is 20.8 Å². The molecule has 1 aliphatic rings. The quantitative estimate of drug-likeness (QED) is 0.878. The number of piperazine rings is 1. The van der Waals surface area contributed by atoms with E-state index in [1.165, 1.54) is 5.56 Å². The zero-order chi connectivity index (χ0) is 20.1. The van der Waals surface area contributed by atoms with E-state index in [0.717, 1.165) is 16.9 Å². The van der Waals surface area contributed by atoms with E-state index < -0.39 is 0 Å². The fraction of sp³-hybridized carbons (Fsp3) is 0.381. The maximum Gasteiger partial charge on any atom is 0.409 e. The van der Waals surface area contributed by atoms with E-state index in [9.17, 15) is 9.59 Å². The number of carbonyl (C=O) groups is 2. The molecule has 0 saturated carbocycles. The third-order valence-corrected chi connectivity index (χ3v) is 4.75. The molecule has 0 radical (unpaired) electrons. The fourth-order valence-corrected chi connectivity index (χ4v) is 3.09. The number of anilines is 2. The predicted molar refractivity (Wildman–Crippen MR) is 108 cm³/mol. The molecule has 1 aliphatic heterocycles. The molecule has 2 aromatic rings. The van der Waals surface area contributed by atoms with Crippen LogP contribution in [0.4, 0.5) is 16.2 Å². The molecule has 7 heteroatoms.